The topological polar surface area (TPSA) is 124 Å². The van der Waals surface area contributed by atoms with E-state index < -0.39 is 11.9 Å². The largest absolute Gasteiger partial charge is 0.473 e. The Balaban J connectivity index is 0.000000501. The maximum Gasteiger partial charge on any atom is 0.414 e. The summed E-state index contributed by atoms with van der Waals surface area (Å²) >= 11 is 0. The second-order valence-corrected chi connectivity index (χ2v) is 6.93. The Labute approximate surface area is 180 Å². The fourth-order valence-electron chi connectivity index (χ4n) is 3.06. The van der Waals surface area contributed by atoms with Crippen LogP contribution in [0, 0.1) is 10.1 Å². The number of carbonyl (C=O) groups is 2. The lowest BCUT2D eigenvalue weighted by molar-refractivity contribution is -0.384. The molecule has 1 fully saturated rings. The number of non-ortho nitro benzene ring substituents is 1. The molecule has 0 radical (unpaired) electrons. The fraction of sp³-hybridized carbons (Fsp3) is 0.273. The SMILES string of the molecule is O=C(O)C(=O)O.O=[N+]([O-])c1cccc(CN2CCN(C/C=C/c3ccccc3)CC2)c1. The summed E-state index contributed by atoms with van der Waals surface area (Å²) in [6.07, 6.45) is 4.38. The summed E-state index contributed by atoms with van der Waals surface area (Å²) in [5, 5.41) is 25.7. The molecular weight excluding hydrogens is 402 g/mol. The van der Waals surface area contributed by atoms with E-state index in [9.17, 15) is 10.1 Å². The molecule has 0 aromatic heterocycles. The van der Waals surface area contributed by atoms with Crippen LogP contribution >= 0.6 is 0 Å². The van der Waals surface area contributed by atoms with Crippen LogP contribution in [-0.2, 0) is 16.1 Å². The van der Waals surface area contributed by atoms with Gasteiger partial charge in [0.25, 0.3) is 5.69 Å². The molecular formula is C22H25N3O6. The third-order valence-electron chi connectivity index (χ3n) is 4.65. The highest BCUT2D eigenvalue weighted by atomic mass is 16.6. The van der Waals surface area contributed by atoms with Gasteiger partial charge in [0.15, 0.2) is 0 Å². The van der Waals surface area contributed by atoms with Gasteiger partial charge in [-0.3, -0.25) is 19.9 Å². The Morgan fingerprint density at radius 1 is 0.935 bits per heavy atom. The molecule has 0 amide bonds. The van der Waals surface area contributed by atoms with Crippen LogP contribution in [0.5, 0.6) is 0 Å². The highest BCUT2D eigenvalue weighted by Gasteiger charge is 2.16. The number of benzene rings is 2. The molecule has 1 aliphatic rings. The van der Waals surface area contributed by atoms with Crippen molar-refractivity contribution in [2.24, 2.45) is 0 Å². The van der Waals surface area contributed by atoms with Crippen LogP contribution in [0.25, 0.3) is 6.08 Å². The number of nitro groups is 1. The number of carboxylic acid groups (broad SMARTS) is 2. The third kappa shape index (κ3) is 8.77. The molecule has 9 heteroatoms. The van der Waals surface area contributed by atoms with Crippen LogP contribution in [0.4, 0.5) is 5.69 Å². The number of hydrogen-bond donors (Lipinski definition) is 2. The summed E-state index contributed by atoms with van der Waals surface area (Å²) < 4.78 is 0. The van der Waals surface area contributed by atoms with E-state index >= 15 is 0 Å². The number of nitro benzene ring substituents is 1. The highest BCUT2D eigenvalue weighted by Crippen LogP contribution is 2.15. The first-order valence-corrected chi connectivity index (χ1v) is 9.71. The first kappa shape index (κ1) is 23.7. The normalized spacial score (nSPS) is 14.6. The summed E-state index contributed by atoms with van der Waals surface area (Å²) in [4.78, 5) is 33.5. The van der Waals surface area contributed by atoms with Crippen molar-refractivity contribution in [1.29, 1.82) is 0 Å². The molecule has 0 atom stereocenters. The molecule has 1 heterocycles. The predicted molar refractivity (Wildman–Crippen MR) is 116 cm³/mol. The smallest absolute Gasteiger partial charge is 0.414 e. The van der Waals surface area contributed by atoms with Gasteiger partial charge in [0.05, 0.1) is 4.92 Å². The maximum atomic E-state index is 10.9. The Kier molecular flexibility index (Phi) is 9.34. The Bertz CT molecular complexity index is 896. The first-order chi connectivity index (χ1) is 14.8. The molecule has 0 saturated carbocycles. The van der Waals surface area contributed by atoms with Crippen LogP contribution < -0.4 is 0 Å². The molecule has 1 saturated heterocycles. The van der Waals surface area contributed by atoms with E-state index in [1.807, 2.05) is 24.3 Å². The summed E-state index contributed by atoms with van der Waals surface area (Å²) in [5.74, 6) is -3.65. The zero-order chi connectivity index (χ0) is 22.6. The van der Waals surface area contributed by atoms with Gasteiger partial charge in [-0.05, 0) is 11.1 Å². The van der Waals surface area contributed by atoms with E-state index in [2.05, 4.69) is 34.1 Å². The second kappa shape index (κ2) is 12.2. The van der Waals surface area contributed by atoms with Gasteiger partial charge in [0, 0.05) is 51.4 Å². The van der Waals surface area contributed by atoms with Crippen molar-refractivity contribution in [3.63, 3.8) is 0 Å². The molecule has 2 N–H and O–H groups in total. The van der Waals surface area contributed by atoms with Gasteiger partial charge in [-0.15, -0.1) is 0 Å². The van der Waals surface area contributed by atoms with Crippen molar-refractivity contribution in [2.45, 2.75) is 6.54 Å². The molecule has 164 valence electrons. The van der Waals surface area contributed by atoms with Gasteiger partial charge >= 0.3 is 11.9 Å². The average molecular weight is 427 g/mol. The molecule has 2 aromatic rings. The van der Waals surface area contributed by atoms with Crippen molar-refractivity contribution in [3.05, 3.63) is 81.9 Å². The fourth-order valence-corrected chi connectivity index (χ4v) is 3.06. The summed E-state index contributed by atoms with van der Waals surface area (Å²) in [6.45, 7) is 5.75. The van der Waals surface area contributed by atoms with Crippen molar-refractivity contribution in [1.82, 2.24) is 9.80 Å². The van der Waals surface area contributed by atoms with Crippen molar-refractivity contribution < 1.29 is 24.7 Å². The molecule has 31 heavy (non-hydrogen) atoms. The molecule has 0 bridgehead atoms. The van der Waals surface area contributed by atoms with E-state index in [0.717, 1.165) is 44.8 Å². The van der Waals surface area contributed by atoms with E-state index in [-0.39, 0.29) is 10.6 Å². The lowest BCUT2D eigenvalue weighted by atomic mass is 10.1. The van der Waals surface area contributed by atoms with Gasteiger partial charge < -0.3 is 10.2 Å². The van der Waals surface area contributed by atoms with E-state index in [0.29, 0.717) is 0 Å². The minimum Gasteiger partial charge on any atom is -0.473 e. The molecule has 0 aliphatic carbocycles. The third-order valence-corrected chi connectivity index (χ3v) is 4.65. The van der Waals surface area contributed by atoms with E-state index in [1.165, 1.54) is 5.56 Å². The van der Waals surface area contributed by atoms with Crippen LogP contribution in [0.3, 0.4) is 0 Å². The zero-order valence-electron chi connectivity index (χ0n) is 17.0. The van der Waals surface area contributed by atoms with Gasteiger partial charge in [-0.2, -0.15) is 0 Å². The molecule has 1 aliphatic heterocycles. The second-order valence-electron chi connectivity index (χ2n) is 6.93. The summed E-state index contributed by atoms with van der Waals surface area (Å²) in [6, 6.07) is 17.3. The standard InChI is InChI=1S/C20H23N3O2.C2H2O4/c24-23(25)20-10-4-8-19(16-20)17-22-14-12-21(13-15-22)11-5-9-18-6-2-1-3-7-18;3-1(4)2(5)6/h1-10,16H,11-15,17H2;(H,3,4)(H,5,6)/b9-5+;. The molecule has 2 aromatic carbocycles. The summed E-state index contributed by atoms with van der Waals surface area (Å²) in [7, 11) is 0. The minimum absolute atomic E-state index is 0.169. The lowest BCUT2D eigenvalue weighted by Crippen LogP contribution is -2.45. The van der Waals surface area contributed by atoms with Gasteiger partial charge in [0.1, 0.15) is 0 Å². The highest BCUT2D eigenvalue weighted by molar-refractivity contribution is 6.27. The Morgan fingerprint density at radius 3 is 2.13 bits per heavy atom. The Hall–Kier alpha value is -3.56. The lowest BCUT2D eigenvalue weighted by Gasteiger charge is -2.34. The number of carboxylic acids is 2. The van der Waals surface area contributed by atoms with Gasteiger partial charge in [-0.25, -0.2) is 9.59 Å². The molecule has 0 unspecified atom stereocenters. The van der Waals surface area contributed by atoms with Gasteiger partial charge in [-0.1, -0.05) is 54.6 Å². The van der Waals surface area contributed by atoms with Crippen molar-refractivity contribution in [3.8, 4) is 0 Å². The van der Waals surface area contributed by atoms with Crippen LogP contribution in [-0.4, -0.2) is 69.6 Å². The number of piperazine rings is 1. The van der Waals surface area contributed by atoms with Crippen molar-refractivity contribution in [2.75, 3.05) is 32.7 Å². The quantitative estimate of drug-likeness (QED) is 0.409. The van der Waals surface area contributed by atoms with Crippen LogP contribution in [0.15, 0.2) is 60.7 Å². The number of aliphatic carboxylic acids is 2. The molecule has 0 spiro atoms. The number of hydrogen-bond acceptors (Lipinski definition) is 6. The maximum absolute atomic E-state index is 10.9. The summed E-state index contributed by atoms with van der Waals surface area (Å²) in [5.41, 5.74) is 2.40. The number of nitrogens with zero attached hydrogens (tertiary/aromatic N) is 3. The van der Waals surface area contributed by atoms with Crippen molar-refractivity contribution >= 4 is 23.7 Å². The zero-order valence-corrected chi connectivity index (χ0v) is 17.0. The van der Waals surface area contributed by atoms with Crippen LogP contribution in [0.1, 0.15) is 11.1 Å². The molecule has 3 rings (SSSR count). The molecule has 9 nitrogen and oxygen atoms in total. The monoisotopic (exact) mass is 427 g/mol. The number of rotatable bonds is 6. The van der Waals surface area contributed by atoms with E-state index in [1.54, 1.807) is 18.2 Å². The predicted octanol–water partition coefficient (Wildman–Crippen LogP) is 2.58. The minimum atomic E-state index is -1.82. The first-order valence-electron chi connectivity index (χ1n) is 9.71. The van der Waals surface area contributed by atoms with Crippen LogP contribution in [0.2, 0.25) is 0 Å². The average Bonchev–Trinajstić information content (AvgIpc) is 2.76. The Morgan fingerprint density at radius 2 is 1.55 bits per heavy atom. The van der Waals surface area contributed by atoms with Gasteiger partial charge in [0.2, 0.25) is 0 Å². The van der Waals surface area contributed by atoms with E-state index in [4.69, 9.17) is 19.8 Å².